The summed E-state index contributed by atoms with van der Waals surface area (Å²) in [5.74, 6) is -1.01. The van der Waals surface area contributed by atoms with Crippen LogP contribution in [0.5, 0.6) is 0 Å². The smallest absolute Gasteiger partial charge is 0.198 e. The molecule has 0 heterocycles. The highest BCUT2D eigenvalue weighted by Crippen LogP contribution is 2.13. The van der Waals surface area contributed by atoms with E-state index in [1.807, 2.05) is 0 Å². The van der Waals surface area contributed by atoms with E-state index >= 15 is 0 Å². The van der Waals surface area contributed by atoms with E-state index < -0.39 is 11.6 Å². The largest absolute Gasteiger partial charge is 0.288 e. The van der Waals surface area contributed by atoms with Crippen molar-refractivity contribution in [1.29, 1.82) is 5.26 Å². The average molecular weight is 168 g/mol. The summed E-state index contributed by atoms with van der Waals surface area (Å²) in [4.78, 5) is 21.5. The Labute approximate surface area is 67.6 Å². The van der Waals surface area contributed by atoms with Crippen LogP contribution in [-0.4, -0.2) is 11.6 Å². The molecular formula is C7H2ClNO2. The van der Waals surface area contributed by atoms with Crippen LogP contribution in [0, 0.1) is 11.3 Å². The minimum absolute atomic E-state index is 0.144. The lowest BCUT2D eigenvalue weighted by molar-refractivity contribution is -0.114. The molecule has 0 N–H and O–H groups in total. The van der Waals surface area contributed by atoms with Crippen LogP contribution in [0.2, 0.25) is 0 Å². The Morgan fingerprint density at radius 3 is 2.45 bits per heavy atom. The first-order valence-electron chi connectivity index (χ1n) is 2.73. The second kappa shape index (κ2) is 2.69. The van der Waals surface area contributed by atoms with Crippen LogP contribution in [0.1, 0.15) is 0 Å². The molecule has 0 spiro atoms. The standard InChI is InChI=1S/C7H2ClNO2/c8-5-2-6(10)4(3-9)1-7(5)11/h1-2H. The van der Waals surface area contributed by atoms with Gasteiger partial charge in [-0.1, -0.05) is 11.6 Å². The number of hydrogen-bond donors (Lipinski definition) is 0. The molecule has 1 aliphatic rings. The van der Waals surface area contributed by atoms with Crippen LogP contribution in [-0.2, 0) is 9.59 Å². The predicted molar refractivity (Wildman–Crippen MR) is 37.6 cm³/mol. The van der Waals surface area contributed by atoms with Gasteiger partial charge in [-0.2, -0.15) is 5.26 Å². The molecule has 0 fully saturated rings. The zero-order chi connectivity index (χ0) is 8.43. The van der Waals surface area contributed by atoms with Gasteiger partial charge in [0.2, 0.25) is 0 Å². The van der Waals surface area contributed by atoms with Gasteiger partial charge in [-0.05, 0) is 0 Å². The van der Waals surface area contributed by atoms with Gasteiger partial charge < -0.3 is 0 Å². The van der Waals surface area contributed by atoms with Gasteiger partial charge in [0.25, 0.3) is 0 Å². The van der Waals surface area contributed by atoms with E-state index in [1.165, 1.54) is 0 Å². The zero-order valence-corrected chi connectivity index (χ0v) is 6.05. The van der Waals surface area contributed by atoms with Crippen LogP contribution in [0.4, 0.5) is 0 Å². The van der Waals surface area contributed by atoms with Crippen molar-refractivity contribution in [2.75, 3.05) is 0 Å². The van der Waals surface area contributed by atoms with Crippen LogP contribution in [0.25, 0.3) is 0 Å². The fraction of sp³-hybridized carbons (Fsp3) is 0. The maximum Gasteiger partial charge on any atom is 0.198 e. The van der Waals surface area contributed by atoms with Crippen molar-refractivity contribution in [3.8, 4) is 6.07 Å². The molecule has 0 unspecified atom stereocenters. The summed E-state index contributed by atoms with van der Waals surface area (Å²) in [6, 6.07) is 1.59. The molecule has 0 amide bonds. The van der Waals surface area contributed by atoms with Gasteiger partial charge in [0.15, 0.2) is 11.6 Å². The predicted octanol–water partition coefficient (Wildman–Crippen LogP) is 0.711. The summed E-state index contributed by atoms with van der Waals surface area (Å²) in [5, 5.41) is 8.16. The maximum absolute atomic E-state index is 10.8. The summed E-state index contributed by atoms with van der Waals surface area (Å²) in [7, 11) is 0. The number of rotatable bonds is 0. The Kier molecular flexibility index (Phi) is 1.88. The molecule has 0 atom stereocenters. The SMILES string of the molecule is N#CC1=CC(=O)C(Cl)=CC1=O. The van der Waals surface area contributed by atoms with Crippen molar-refractivity contribution >= 4 is 23.2 Å². The van der Waals surface area contributed by atoms with Crippen molar-refractivity contribution in [3.63, 3.8) is 0 Å². The Morgan fingerprint density at radius 1 is 1.27 bits per heavy atom. The highest BCUT2D eigenvalue weighted by Gasteiger charge is 2.17. The van der Waals surface area contributed by atoms with Crippen molar-refractivity contribution in [2.45, 2.75) is 0 Å². The summed E-state index contributed by atoms with van der Waals surface area (Å²) in [5.41, 5.74) is -0.167. The lowest BCUT2D eigenvalue weighted by Gasteiger charge is -1.99. The summed E-state index contributed by atoms with van der Waals surface area (Å²) < 4.78 is 0. The molecular weight excluding hydrogens is 166 g/mol. The highest BCUT2D eigenvalue weighted by molar-refractivity contribution is 6.47. The molecule has 0 aromatic heterocycles. The molecule has 1 aliphatic carbocycles. The molecule has 4 heteroatoms. The molecule has 0 aliphatic heterocycles. The van der Waals surface area contributed by atoms with E-state index in [2.05, 4.69) is 0 Å². The number of carbonyl (C=O) groups is 2. The Morgan fingerprint density at radius 2 is 1.91 bits per heavy atom. The third-order valence-corrected chi connectivity index (χ3v) is 1.45. The number of nitrogens with zero attached hydrogens (tertiary/aromatic N) is 1. The van der Waals surface area contributed by atoms with Crippen molar-refractivity contribution in [2.24, 2.45) is 0 Å². The van der Waals surface area contributed by atoms with E-state index in [1.54, 1.807) is 6.07 Å². The molecule has 54 valence electrons. The molecule has 0 saturated heterocycles. The lowest BCUT2D eigenvalue weighted by Crippen LogP contribution is -2.08. The molecule has 0 bridgehead atoms. The molecule has 0 radical (unpaired) electrons. The topological polar surface area (TPSA) is 57.9 Å². The quantitative estimate of drug-likeness (QED) is 0.500. The van der Waals surface area contributed by atoms with Crippen LogP contribution >= 0.6 is 11.6 Å². The van der Waals surface area contributed by atoms with Gasteiger partial charge in [-0.3, -0.25) is 9.59 Å². The van der Waals surface area contributed by atoms with Gasteiger partial charge >= 0.3 is 0 Å². The zero-order valence-electron chi connectivity index (χ0n) is 5.30. The van der Waals surface area contributed by atoms with E-state index in [0.717, 1.165) is 12.2 Å². The van der Waals surface area contributed by atoms with Crippen molar-refractivity contribution in [1.82, 2.24) is 0 Å². The normalized spacial score (nSPS) is 17.1. The van der Waals surface area contributed by atoms with E-state index in [-0.39, 0.29) is 10.6 Å². The maximum atomic E-state index is 10.8. The summed E-state index contributed by atoms with van der Waals surface area (Å²) >= 11 is 5.32. The molecule has 0 aromatic rings. The van der Waals surface area contributed by atoms with Crippen LogP contribution in [0.3, 0.4) is 0 Å². The lowest BCUT2D eigenvalue weighted by atomic mass is 10.1. The first-order valence-corrected chi connectivity index (χ1v) is 3.10. The van der Waals surface area contributed by atoms with Gasteiger partial charge in [0, 0.05) is 12.2 Å². The van der Waals surface area contributed by atoms with Gasteiger partial charge in [-0.15, -0.1) is 0 Å². The van der Waals surface area contributed by atoms with Crippen molar-refractivity contribution in [3.05, 3.63) is 22.8 Å². The number of nitriles is 1. The third-order valence-electron chi connectivity index (χ3n) is 1.15. The van der Waals surface area contributed by atoms with E-state index in [0.29, 0.717) is 0 Å². The number of carbonyl (C=O) groups excluding carboxylic acids is 2. The monoisotopic (exact) mass is 167 g/mol. The number of allylic oxidation sites excluding steroid dienone is 4. The molecule has 1 rings (SSSR count). The number of hydrogen-bond acceptors (Lipinski definition) is 3. The van der Waals surface area contributed by atoms with E-state index in [4.69, 9.17) is 16.9 Å². The second-order valence-electron chi connectivity index (χ2n) is 1.89. The Hall–Kier alpha value is -1.40. The summed E-state index contributed by atoms with van der Waals surface area (Å²) in [6.45, 7) is 0. The van der Waals surface area contributed by atoms with Crippen LogP contribution in [0.15, 0.2) is 22.8 Å². The second-order valence-corrected chi connectivity index (χ2v) is 2.30. The fourth-order valence-electron chi connectivity index (χ4n) is 0.623. The molecule has 0 saturated carbocycles. The number of ketones is 2. The average Bonchev–Trinajstić information content (AvgIpc) is 1.97. The van der Waals surface area contributed by atoms with Gasteiger partial charge in [-0.25, -0.2) is 0 Å². The first kappa shape index (κ1) is 7.70. The molecule has 11 heavy (non-hydrogen) atoms. The fourth-order valence-corrected chi connectivity index (χ4v) is 0.776. The first-order chi connectivity index (χ1) is 5.15. The highest BCUT2D eigenvalue weighted by atomic mass is 35.5. The van der Waals surface area contributed by atoms with Crippen molar-refractivity contribution < 1.29 is 9.59 Å². The van der Waals surface area contributed by atoms with Gasteiger partial charge in [0.05, 0.1) is 5.03 Å². The van der Waals surface area contributed by atoms with Gasteiger partial charge in [0.1, 0.15) is 11.6 Å². The van der Waals surface area contributed by atoms with E-state index in [9.17, 15) is 9.59 Å². The Balaban J connectivity index is 3.10. The Bertz CT molecular complexity index is 333. The summed E-state index contributed by atoms with van der Waals surface area (Å²) in [6.07, 6.45) is 1.88. The minimum atomic E-state index is -0.517. The van der Waals surface area contributed by atoms with Crippen LogP contribution < -0.4 is 0 Å². The molecule has 0 aromatic carbocycles. The number of halogens is 1. The molecule has 3 nitrogen and oxygen atoms in total. The minimum Gasteiger partial charge on any atom is -0.288 e. The third kappa shape index (κ3) is 1.36.